The fraction of sp³-hybridized carbons (Fsp3) is 0.208. The number of anilines is 1. The number of nitrogens with one attached hydrogen (secondary N) is 1. The number of halogens is 1. The van der Waals surface area contributed by atoms with Crippen LogP contribution in [0.25, 0.3) is 0 Å². The van der Waals surface area contributed by atoms with E-state index < -0.39 is 10.0 Å². The number of ether oxygens (including phenoxy) is 1. The lowest BCUT2D eigenvalue weighted by atomic mass is 10.1. The molecule has 168 valence electrons. The van der Waals surface area contributed by atoms with E-state index in [-0.39, 0.29) is 30.9 Å². The van der Waals surface area contributed by atoms with E-state index in [1.54, 1.807) is 43.3 Å². The molecule has 6 nitrogen and oxygen atoms in total. The van der Waals surface area contributed by atoms with Crippen molar-refractivity contribution in [2.75, 3.05) is 17.2 Å². The number of nitrogens with zero attached hydrogens (tertiary/aromatic N) is 1. The molecule has 0 bridgehead atoms. The van der Waals surface area contributed by atoms with Crippen molar-refractivity contribution in [3.8, 4) is 5.75 Å². The van der Waals surface area contributed by atoms with Crippen LogP contribution >= 0.6 is 0 Å². The number of amides is 1. The van der Waals surface area contributed by atoms with Crippen LogP contribution < -0.4 is 14.4 Å². The maximum Gasteiger partial charge on any atom is 0.258 e. The van der Waals surface area contributed by atoms with Crippen molar-refractivity contribution < 1.29 is 22.3 Å². The second-order valence-electron chi connectivity index (χ2n) is 7.38. The van der Waals surface area contributed by atoms with Gasteiger partial charge in [0, 0.05) is 0 Å². The Labute approximate surface area is 187 Å². The molecule has 0 unspecified atom stereocenters. The highest BCUT2D eigenvalue weighted by atomic mass is 32.2. The number of hydrogen-bond acceptors (Lipinski definition) is 4. The van der Waals surface area contributed by atoms with Gasteiger partial charge in [0.15, 0.2) is 6.61 Å². The molecule has 3 aromatic rings. The first kappa shape index (κ1) is 23.3. The average Bonchev–Trinajstić information content (AvgIpc) is 2.77. The molecule has 0 aliphatic carbocycles. The van der Waals surface area contributed by atoms with E-state index in [9.17, 15) is 17.6 Å². The van der Waals surface area contributed by atoms with Gasteiger partial charge in [-0.05, 0) is 54.4 Å². The molecule has 0 aromatic heterocycles. The molecule has 0 saturated carbocycles. The van der Waals surface area contributed by atoms with Gasteiger partial charge in [0.2, 0.25) is 10.0 Å². The molecule has 0 aliphatic rings. The molecule has 1 atom stereocenters. The molecule has 1 amide bonds. The molecule has 32 heavy (non-hydrogen) atoms. The zero-order valence-electron chi connectivity index (χ0n) is 17.9. The van der Waals surface area contributed by atoms with Gasteiger partial charge in [-0.25, -0.2) is 12.8 Å². The van der Waals surface area contributed by atoms with Crippen molar-refractivity contribution >= 4 is 21.6 Å². The largest absolute Gasteiger partial charge is 0.484 e. The first-order chi connectivity index (χ1) is 15.2. The maximum absolute atomic E-state index is 13.0. The number of sulfonamides is 1. The second kappa shape index (κ2) is 10.3. The smallest absolute Gasteiger partial charge is 0.258 e. The van der Waals surface area contributed by atoms with E-state index >= 15 is 0 Å². The lowest BCUT2D eigenvalue weighted by Crippen LogP contribution is -2.31. The zero-order chi connectivity index (χ0) is 23.1. The van der Waals surface area contributed by atoms with Gasteiger partial charge in [-0.2, -0.15) is 0 Å². The number of carbonyl (C=O) groups is 1. The summed E-state index contributed by atoms with van der Waals surface area (Å²) in [4.78, 5) is 12.2. The summed E-state index contributed by atoms with van der Waals surface area (Å²) in [6, 6.07) is 21.4. The fourth-order valence-corrected chi connectivity index (χ4v) is 4.01. The van der Waals surface area contributed by atoms with Crippen LogP contribution in [-0.4, -0.2) is 27.2 Å². The minimum Gasteiger partial charge on any atom is -0.484 e. The van der Waals surface area contributed by atoms with E-state index in [2.05, 4.69) is 5.32 Å². The van der Waals surface area contributed by atoms with Gasteiger partial charge in [-0.15, -0.1) is 0 Å². The molecule has 0 spiro atoms. The van der Waals surface area contributed by atoms with Crippen LogP contribution in [0.3, 0.4) is 0 Å². The Balaban J connectivity index is 1.59. The topological polar surface area (TPSA) is 75.7 Å². The highest BCUT2D eigenvalue weighted by Crippen LogP contribution is 2.24. The van der Waals surface area contributed by atoms with Gasteiger partial charge < -0.3 is 10.1 Å². The van der Waals surface area contributed by atoms with Crippen LogP contribution in [-0.2, 0) is 21.4 Å². The molecule has 0 heterocycles. The van der Waals surface area contributed by atoms with E-state index in [1.807, 2.05) is 30.3 Å². The van der Waals surface area contributed by atoms with E-state index in [4.69, 9.17) is 4.74 Å². The van der Waals surface area contributed by atoms with Crippen molar-refractivity contribution in [1.29, 1.82) is 0 Å². The number of carbonyl (C=O) groups excluding carboxylic acids is 1. The van der Waals surface area contributed by atoms with Gasteiger partial charge in [-0.3, -0.25) is 9.10 Å². The van der Waals surface area contributed by atoms with Crippen molar-refractivity contribution in [1.82, 2.24) is 5.32 Å². The normalized spacial score (nSPS) is 12.1. The Bertz CT molecular complexity index is 1130. The molecule has 3 aromatic carbocycles. The Kier molecular flexibility index (Phi) is 7.48. The lowest BCUT2D eigenvalue weighted by molar-refractivity contribution is -0.123. The van der Waals surface area contributed by atoms with Gasteiger partial charge in [0.25, 0.3) is 5.91 Å². The quantitative estimate of drug-likeness (QED) is 0.527. The zero-order valence-corrected chi connectivity index (χ0v) is 18.7. The molecule has 0 radical (unpaired) electrons. The summed E-state index contributed by atoms with van der Waals surface area (Å²) in [6.07, 6.45) is 1.16. The highest BCUT2D eigenvalue weighted by Gasteiger charge is 2.18. The summed E-state index contributed by atoms with van der Waals surface area (Å²) in [5.41, 5.74) is 2.15. The van der Waals surface area contributed by atoms with Crippen LogP contribution in [0.1, 0.15) is 24.1 Å². The minimum absolute atomic E-state index is 0.204. The Morgan fingerprint density at radius 2 is 1.62 bits per heavy atom. The predicted molar refractivity (Wildman–Crippen MR) is 122 cm³/mol. The standard InChI is InChI=1S/C24H25FN2O4S/c1-18(20-8-10-21(25)11-9-20)26-24(28)17-31-23-14-12-22(13-15-23)27(32(2,29)30)16-19-6-4-3-5-7-19/h3-15,18H,16-17H2,1-2H3,(H,26,28)/t18-/m0/s1. The number of rotatable bonds is 9. The molecule has 3 rings (SSSR count). The minimum atomic E-state index is -3.49. The van der Waals surface area contributed by atoms with Crippen LogP contribution in [0.2, 0.25) is 0 Å². The third-order valence-electron chi connectivity index (χ3n) is 4.81. The van der Waals surface area contributed by atoms with Crippen molar-refractivity contribution in [3.63, 3.8) is 0 Å². The van der Waals surface area contributed by atoms with E-state index in [0.29, 0.717) is 11.4 Å². The van der Waals surface area contributed by atoms with Crippen LogP contribution in [0.4, 0.5) is 10.1 Å². The lowest BCUT2D eigenvalue weighted by Gasteiger charge is -2.23. The molecular formula is C24H25FN2O4S. The third kappa shape index (κ3) is 6.55. The fourth-order valence-electron chi connectivity index (χ4n) is 3.12. The first-order valence-corrected chi connectivity index (χ1v) is 11.9. The maximum atomic E-state index is 13.0. The molecule has 0 aliphatic heterocycles. The van der Waals surface area contributed by atoms with Gasteiger partial charge in [0.1, 0.15) is 11.6 Å². The SMILES string of the molecule is C[C@H](NC(=O)COc1ccc(N(Cc2ccccc2)S(C)(=O)=O)cc1)c1ccc(F)cc1. The highest BCUT2D eigenvalue weighted by molar-refractivity contribution is 7.92. The van der Waals surface area contributed by atoms with Crippen molar-refractivity contribution in [2.24, 2.45) is 0 Å². The van der Waals surface area contributed by atoms with E-state index in [1.165, 1.54) is 16.4 Å². The molecule has 0 fully saturated rings. The Morgan fingerprint density at radius 3 is 2.22 bits per heavy atom. The Hall–Kier alpha value is -3.39. The Morgan fingerprint density at radius 1 is 1.00 bits per heavy atom. The molecular weight excluding hydrogens is 431 g/mol. The van der Waals surface area contributed by atoms with Gasteiger partial charge in [0.05, 0.1) is 24.5 Å². The summed E-state index contributed by atoms with van der Waals surface area (Å²) in [6.45, 7) is 1.81. The summed E-state index contributed by atoms with van der Waals surface area (Å²) in [7, 11) is -3.49. The third-order valence-corrected chi connectivity index (χ3v) is 5.95. The average molecular weight is 457 g/mol. The summed E-state index contributed by atoms with van der Waals surface area (Å²) in [5.74, 6) is -0.225. The molecule has 8 heteroatoms. The monoisotopic (exact) mass is 456 g/mol. The second-order valence-corrected chi connectivity index (χ2v) is 9.29. The number of benzene rings is 3. The van der Waals surface area contributed by atoms with Crippen LogP contribution in [0, 0.1) is 5.82 Å². The summed E-state index contributed by atoms with van der Waals surface area (Å²) >= 11 is 0. The van der Waals surface area contributed by atoms with Crippen LogP contribution in [0.15, 0.2) is 78.9 Å². The van der Waals surface area contributed by atoms with Crippen molar-refractivity contribution in [3.05, 3.63) is 95.8 Å². The predicted octanol–water partition coefficient (Wildman–Crippen LogP) is 4.05. The van der Waals surface area contributed by atoms with Gasteiger partial charge in [-0.1, -0.05) is 42.5 Å². The number of hydrogen-bond donors (Lipinski definition) is 1. The molecule has 0 saturated heterocycles. The molecule has 1 N–H and O–H groups in total. The first-order valence-electron chi connectivity index (χ1n) is 10.0. The van der Waals surface area contributed by atoms with Crippen molar-refractivity contribution in [2.45, 2.75) is 19.5 Å². The van der Waals surface area contributed by atoms with Crippen LogP contribution in [0.5, 0.6) is 5.75 Å². The summed E-state index contributed by atoms with van der Waals surface area (Å²) < 4.78 is 44.5. The van der Waals surface area contributed by atoms with E-state index in [0.717, 1.165) is 17.4 Å². The van der Waals surface area contributed by atoms with Gasteiger partial charge >= 0.3 is 0 Å². The summed E-state index contributed by atoms with van der Waals surface area (Å²) in [5, 5.41) is 2.79.